The molecule has 0 amide bonds. The van der Waals surface area contributed by atoms with Gasteiger partial charge < -0.3 is 14.7 Å². The molecule has 0 spiro atoms. The van der Waals surface area contributed by atoms with E-state index in [9.17, 15) is 18.3 Å². The van der Waals surface area contributed by atoms with Crippen LogP contribution in [0.5, 0.6) is 0 Å². The van der Waals surface area contributed by atoms with Crippen LogP contribution < -0.4 is 4.90 Å². The zero-order valence-corrected chi connectivity index (χ0v) is 13.7. The Labute approximate surface area is 138 Å². The fourth-order valence-corrected chi connectivity index (χ4v) is 2.86. The average molecular weight is 392 g/mol. The number of benzene rings is 1. The highest BCUT2D eigenvalue weighted by Crippen LogP contribution is 2.32. The van der Waals surface area contributed by atoms with Crippen molar-refractivity contribution < 1.29 is 23.0 Å². The first-order chi connectivity index (χ1) is 10.8. The first kappa shape index (κ1) is 16.4. The average Bonchev–Trinajstić information content (AvgIpc) is 2.66. The lowest BCUT2D eigenvalue weighted by Crippen LogP contribution is -2.42. The van der Waals surface area contributed by atoms with E-state index in [0.717, 1.165) is 6.07 Å². The second-order valence-corrected chi connectivity index (χ2v) is 6.46. The minimum Gasteiger partial charge on any atom is -0.386 e. The molecule has 2 aromatic rings. The van der Waals surface area contributed by atoms with Gasteiger partial charge in [0.25, 0.3) is 0 Å². The second-order valence-electron chi connectivity index (χ2n) is 5.67. The van der Waals surface area contributed by atoms with Gasteiger partial charge in [0.05, 0.1) is 24.2 Å². The Kier molecular flexibility index (Phi) is 4.19. The van der Waals surface area contributed by atoms with E-state index in [1.54, 1.807) is 6.92 Å². The van der Waals surface area contributed by atoms with Crippen molar-refractivity contribution >= 4 is 32.7 Å². The standard InChI is InChI=1S/C14H13BrF3N3O2/c1-14(22)5-21(2-3-23-6-14)12-7-4-8(16)9(15)10(17)11(7)19-13(18)20-12/h4,22H,2-3,5-6H2,1H3/t14-/m0/s1. The number of aromatic nitrogens is 2. The van der Waals surface area contributed by atoms with Crippen molar-refractivity contribution in [2.75, 3.05) is 31.2 Å². The first-order valence-electron chi connectivity index (χ1n) is 6.84. The molecule has 1 aliphatic heterocycles. The van der Waals surface area contributed by atoms with Crippen molar-refractivity contribution in [3.8, 4) is 0 Å². The highest BCUT2D eigenvalue weighted by atomic mass is 79.9. The van der Waals surface area contributed by atoms with Crippen LogP contribution >= 0.6 is 15.9 Å². The molecule has 1 aromatic heterocycles. The largest absolute Gasteiger partial charge is 0.386 e. The maximum absolute atomic E-state index is 14.2. The SMILES string of the molecule is C[C@@]1(O)COCCN(c2nc(F)nc3c(F)c(Br)c(F)cc23)C1. The molecule has 9 heteroatoms. The number of hydrogen-bond acceptors (Lipinski definition) is 5. The van der Waals surface area contributed by atoms with Crippen LogP contribution in [0.2, 0.25) is 0 Å². The third kappa shape index (κ3) is 3.13. The molecule has 5 nitrogen and oxygen atoms in total. The number of β-amino-alcohol motifs (C(OH)–C–C–N with tert-alkyl or cyclic N) is 1. The lowest BCUT2D eigenvalue weighted by molar-refractivity contribution is -0.0123. The summed E-state index contributed by atoms with van der Waals surface area (Å²) in [5, 5.41) is 10.3. The second kappa shape index (κ2) is 5.88. The van der Waals surface area contributed by atoms with Crippen LogP contribution in [-0.4, -0.2) is 47.0 Å². The van der Waals surface area contributed by atoms with Gasteiger partial charge in [0.15, 0.2) is 5.82 Å². The number of ether oxygens (including phenoxy) is 1. The van der Waals surface area contributed by atoms with E-state index < -0.39 is 27.8 Å². The summed E-state index contributed by atoms with van der Waals surface area (Å²) < 4.78 is 46.7. The zero-order chi connectivity index (χ0) is 16.8. The van der Waals surface area contributed by atoms with Crippen LogP contribution in [0.4, 0.5) is 19.0 Å². The highest BCUT2D eigenvalue weighted by molar-refractivity contribution is 9.10. The predicted octanol–water partition coefficient (Wildman–Crippen LogP) is 2.40. The van der Waals surface area contributed by atoms with E-state index in [0.29, 0.717) is 6.54 Å². The van der Waals surface area contributed by atoms with Crippen LogP contribution in [0.15, 0.2) is 10.5 Å². The molecule has 0 radical (unpaired) electrons. The van der Waals surface area contributed by atoms with Gasteiger partial charge in [-0.25, -0.2) is 8.78 Å². The Balaban J connectivity index is 2.20. The van der Waals surface area contributed by atoms with E-state index in [-0.39, 0.29) is 36.5 Å². The summed E-state index contributed by atoms with van der Waals surface area (Å²) in [5.41, 5.74) is -1.53. The molecule has 0 aliphatic carbocycles. The van der Waals surface area contributed by atoms with Gasteiger partial charge in [-0.1, -0.05) is 0 Å². The maximum atomic E-state index is 14.2. The monoisotopic (exact) mass is 391 g/mol. The van der Waals surface area contributed by atoms with Crippen molar-refractivity contribution in [3.05, 3.63) is 28.3 Å². The normalized spacial score (nSPS) is 22.4. The van der Waals surface area contributed by atoms with Crippen molar-refractivity contribution in [2.24, 2.45) is 0 Å². The number of halogens is 4. The molecule has 1 fully saturated rings. The molecule has 0 saturated carbocycles. The Morgan fingerprint density at radius 2 is 2.09 bits per heavy atom. The highest BCUT2D eigenvalue weighted by Gasteiger charge is 2.30. The van der Waals surface area contributed by atoms with Gasteiger partial charge in [0.1, 0.15) is 22.8 Å². The molecule has 1 aromatic carbocycles. The maximum Gasteiger partial charge on any atom is 0.311 e. The minimum atomic E-state index is -1.20. The van der Waals surface area contributed by atoms with Gasteiger partial charge >= 0.3 is 6.08 Å². The number of aliphatic hydroxyl groups is 1. The molecular formula is C14H13BrF3N3O2. The number of rotatable bonds is 1. The third-order valence-electron chi connectivity index (χ3n) is 3.53. The summed E-state index contributed by atoms with van der Waals surface area (Å²) in [6, 6.07) is 1.04. The smallest absolute Gasteiger partial charge is 0.311 e. The summed E-state index contributed by atoms with van der Waals surface area (Å²) in [4.78, 5) is 8.63. The van der Waals surface area contributed by atoms with Gasteiger partial charge in [-0.2, -0.15) is 14.4 Å². The summed E-state index contributed by atoms with van der Waals surface area (Å²) in [5.74, 6) is -1.83. The van der Waals surface area contributed by atoms with E-state index in [2.05, 4.69) is 25.9 Å². The van der Waals surface area contributed by atoms with Gasteiger partial charge in [-0.3, -0.25) is 0 Å². The topological polar surface area (TPSA) is 58.5 Å². The summed E-state index contributed by atoms with van der Waals surface area (Å²) in [6.07, 6.45) is -1.13. The van der Waals surface area contributed by atoms with Crippen molar-refractivity contribution in [2.45, 2.75) is 12.5 Å². The summed E-state index contributed by atoms with van der Waals surface area (Å²) in [6.45, 7) is 2.30. The fourth-order valence-electron chi connectivity index (χ4n) is 2.55. The van der Waals surface area contributed by atoms with Crippen LogP contribution in [0, 0.1) is 17.7 Å². The molecule has 0 bridgehead atoms. The molecule has 124 valence electrons. The quantitative estimate of drug-likeness (QED) is 0.597. The third-order valence-corrected chi connectivity index (χ3v) is 4.26. The van der Waals surface area contributed by atoms with Gasteiger partial charge in [0.2, 0.25) is 0 Å². The van der Waals surface area contributed by atoms with Gasteiger partial charge in [0, 0.05) is 11.9 Å². The van der Waals surface area contributed by atoms with Crippen molar-refractivity contribution in [1.82, 2.24) is 9.97 Å². The summed E-state index contributed by atoms with van der Waals surface area (Å²) >= 11 is 2.77. The fraction of sp³-hybridized carbons (Fsp3) is 0.429. The van der Waals surface area contributed by atoms with Gasteiger partial charge in [-0.15, -0.1) is 0 Å². The molecule has 23 heavy (non-hydrogen) atoms. The number of fused-ring (bicyclic) bond motifs is 1. The zero-order valence-electron chi connectivity index (χ0n) is 12.1. The van der Waals surface area contributed by atoms with Crippen LogP contribution in [0.25, 0.3) is 10.9 Å². The Morgan fingerprint density at radius 1 is 1.35 bits per heavy atom. The molecule has 1 atom stereocenters. The molecule has 0 unspecified atom stereocenters. The van der Waals surface area contributed by atoms with Crippen LogP contribution in [0.3, 0.4) is 0 Å². The van der Waals surface area contributed by atoms with E-state index in [4.69, 9.17) is 4.74 Å². The lowest BCUT2D eigenvalue weighted by atomic mass is 10.1. The summed E-state index contributed by atoms with van der Waals surface area (Å²) in [7, 11) is 0. The molecule has 1 N–H and O–H groups in total. The Morgan fingerprint density at radius 3 is 2.83 bits per heavy atom. The number of hydrogen-bond donors (Lipinski definition) is 1. The van der Waals surface area contributed by atoms with Crippen LogP contribution in [-0.2, 0) is 4.74 Å². The van der Waals surface area contributed by atoms with E-state index in [1.165, 1.54) is 4.90 Å². The van der Waals surface area contributed by atoms with Crippen molar-refractivity contribution in [1.29, 1.82) is 0 Å². The number of nitrogens with zero attached hydrogens (tertiary/aromatic N) is 3. The van der Waals surface area contributed by atoms with Crippen molar-refractivity contribution in [3.63, 3.8) is 0 Å². The van der Waals surface area contributed by atoms with E-state index >= 15 is 0 Å². The predicted molar refractivity (Wildman–Crippen MR) is 80.8 cm³/mol. The molecule has 1 saturated heterocycles. The van der Waals surface area contributed by atoms with E-state index in [1.807, 2.05) is 0 Å². The molecule has 2 heterocycles. The Bertz CT molecular complexity index is 773. The molecule has 1 aliphatic rings. The lowest BCUT2D eigenvalue weighted by Gasteiger charge is -2.28. The van der Waals surface area contributed by atoms with Crippen LogP contribution in [0.1, 0.15) is 6.92 Å². The Hall–Kier alpha value is -1.45. The minimum absolute atomic E-state index is 0.0172. The van der Waals surface area contributed by atoms with Gasteiger partial charge in [-0.05, 0) is 28.9 Å². The molecular weight excluding hydrogens is 379 g/mol. The number of anilines is 1. The molecule has 3 rings (SSSR count). The first-order valence-corrected chi connectivity index (χ1v) is 7.63.